The molecule has 0 saturated heterocycles. The molecule has 19 heavy (non-hydrogen) atoms. The van der Waals surface area contributed by atoms with Crippen molar-refractivity contribution in [2.24, 2.45) is 0 Å². The lowest BCUT2D eigenvalue weighted by Crippen LogP contribution is -1.88. The van der Waals surface area contributed by atoms with Crippen molar-refractivity contribution in [1.82, 2.24) is 0 Å². The molecule has 2 aromatic rings. The normalized spacial score (nSPS) is 10.0. The fourth-order valence-corrected chi connectivity index (χ4v) is 2.64. The Bertz CT molecular complexity index is 544. The lowest BCUT2D eigenvalue weighted by Gasteiger charge is -2.06. The van der Waals surface area contributed by atoms with E-state index in [1.54, 1.807) is 23.5 Å². The Hall–Kier alpha value is -1.41. The third-order valence-electron chi connectivity index (χ3n) is 2.88. The summed E-state index contributed by atoms with van der Waals surface area (Å²) in [5, 5.41) is 7.53. The highest BCUT2D eigenvalue weighted by Gasteiger charge is 2.05. The Morgan fingerprint density at radius 2 is 1.16 bits per heavy atom. The average Bonchev–Trinajstić information content (AvgIpc) is 2.49. The monoisotopic (exact) mass is 285 g/mol. The van der Waals surface area contributed by atoms with Gasteiger partial charge in [-0.3, -0.25) is 5.41 Å². The van der Waals surface area contributed by atoms with Crippen molar-refractivity contribution in [2.45, 2.75) is 9.79 Å². The Morgan fingerprint density at radius 3 is 1.42 bits per heavy atom. The van der Waals surface area contributed by atoms with Crippen molar-refractivity contribution >= 4 is 35.0 Å². The van der Waals surface area contributed by atoms with Crippen LogP contribution in [0.1, 0.15) is 11.1 Å². The number of rotatable bonds is 4. The zero-order valence-corrected chi connectivity index (χ0v) is 12.6. The van der Waals surface area contributed by atoms with E-state index in [-0.39, 0.29) is 0 Å². The first-order valence-corrected chi connectivity index (χ1v) is 8.32. The van der Waals surface area contributed by atoms with E-state index in [0.29, 0.717) is 0 Å². The van der Waals surface area contributed by atoms with E-state index in [2.05, 4.69) is 42.6 Å². The van der Waals surface area contributed by atoms with Gasteiger partial charge in [-0.1, -0.05) is 24.3 Å². The predicted octanol–water partition coefficient (Wildman–Crippen LogP) is 4.81. The van der Waals surface area contributed by atoms with Crippen molar-refractivity contribution < 1.29 is 0 Å². The van der Waals surface area contributed by atoms with Crippen LogP contribution in [0.15, 0.2) is 58.3 Å². The Labute approximate surface area is 122 Å². The van der Waals surface area contributed by atoms with E-state index in [1.807, 2.05) is 24.3 Å². The lowest BCUT2D eigenvalue weighted by atomic mass is 9.99. The van der Waals surface area contributed by atoms with Crippen molar-refractivity contribution in [3.8, 4) is 0 Å². The van der Waals surface area contributed by atoms with Crippen LogP contribution < -0.4 is 0 Å². The molecule has 0 aliphatic carbocycles. The molecule has 0 radical (unpaired) electrons. The highest BCUT2D eigenvalue weighted by molar-refractivity contribution is 7.98. The van der Waals surface area contributed by atoms with E-state index < -0.39 is 0 Å². The second kappa shape index (κ2) is 6.67. The van der Waals surface area contributed by atoms with Crippen LogP contribution in [0.3, 0.4) is 0 Å². The van der Waals surface area contributed by atoms with Crippen LogP contribution in [-0.4, -0.2) is 18.4 Å². The van der Waals surface area contributed by atoms with Gasteiger partial charge >= 0.3 is 0 Å². The highest BCUT2D eigenvalue weighted by atomic mass is 32.2. The van der Waals surface area contributed by atoms with Gasteiger partial charge in [-0.2, -0.15) is 0 Å². The maximum atomic E-state index is 7.53. The first kappa shape index (κ1) is 14.0. The standard InChI is InChI=1S/C16H15NS2/c1-18-14-7-3-12(4-8-14)16(11-17)13-5-9-15(19-2)10-6-13/h3-10,17H,1-2H3. The molecule has 0 aliphatic rings. The number of nitrogens with one attached hydrogen (secondary N) is 1. The first-order valence-electron chi connectivity index (χ1n) is 5.87. The lowest BCUT2D eigenvalue weighted by molar-refractivity contribution is 1.41. The summed E-state index contributed by atoms with van der Waals surface area (Å²) in [4.78, 5) is 2.46. The zero-order chi connectivity index (χ0) is 13.7. The van der Waals surface area contributed by atoms with Gasteiger partial charge in [-0.25, -0.2) is 0 Å². The molecule has 2 rings (SSSR count). The number of benzene rings is 2. The molecule has 0 unspecified atom stereocenters. The molecule has 3 heteroatoms. The molecular formula is C16H15NS2. The summed E-state index contributed by atoms with van der Waals surface area (Å²) in [6.07, 6.45) is 4.12. The summed E-state index contributed by atoms with van der Waals surface area (Å²) in [5.74, 6) is 2.56. The van der Waals surface area contributed by atoms with Crippen LogP contribution in [0, 0.1) is 5.41 Å². The molecule has 0 fully saturated rings. The van der Waals surface area contributed by atoms with Gasteiger partial charge in [-0.05, 0) is 53.8 Å². The van der Waals surface area contributed by atoms with Gasteiger partial charge in [0, 0.05) is 15.4 Å². The molecule has 0 aliphatic heterocycles. The quantitative estimate of drug-likeness (QED) is 0.644. The maximum Gasteiger partial charge on any atom is 0.0498 e. The fraction of sp³-hybridized carbons (Fsp3) is 0.125. The SMILES string of the molecule is CSc1ccc(C(=C=N)c2ccc(SC)cc2)cc1. The van der Waals surface area contributed by atoms with Crippen LogP contribution in [0.4, 0.5) is 0 Å². The van der Waals surface area contributed by atoms with E-state index in [1.165, 1.54) is 9.79 Å². The van der Waals surface area contributed by atoms with Crippen molar-refractivity contribution in [1.29, 1.82) is 5.41 Å². The van der Waals surface area contributed by atoms with E-state index in [4.69, 9.17) is 5.41 Å². The largest absolute Gasteiger partial charge is 0.258 e. The minimum atomic E-state index is 0.834. The van der Waals surface area contributed by atoms with Crippen molar-refractivity contribution in [3.63, 3.8) is 0 Å². The molecular weight excluding hydrogens is 270 g/mol. The molecule has 0 atom stereocenters. The molecule has 0 amide bonds. The van der Waals surface area contributed by atoms with Gasteiger partial charge in [0.05, 0.1) is 0 Å². The molecule has 0 spiro atoms. The molecule has 1 nitrogen and oxygen atoms in total. The number of hydrogen-bond donors (Lipinski definition) is 1. The van der Waals surface area contributed by atoms with Crippen LogP contribution in [0.2, 0.25) is 0 Å². The first-order chi connectivity index (χ1) is 9.28. The second-order valence-electron chi connectivity index (χ2n) is 3.96. The summed E-state index contributed by atoms with van der Waals surface area (Å²) in [6, 6.07) is 16.5. The van der Waals surface area contributed by atoms with Gasteiger partial charge in [0.15, 0.2) is 0 Å². The molecule has 0 aromatic heterocycles. The van der Waals surface area contributed by atoms with Crippen LogP contribution in [0.25, 0.3) is 5.57 Å². The highest BCUT2D eigenvalue weighted by Crippen LogP contribution is 2.25. The summed E-state index contributed by atoms with van der Waals surface area (Å²) >= 11 is 3.44. The van der Waals surface area contributed by atoms with Crippen molar-refractivity contribution in [2.75, 3.05) is 12.5 Å². The topological polar surface area (TPSA) is 23.9 Å². The van der Waals surface area contributed by atoms with Crippen LogP contribution in [0.5, 0.6) is 0 Å². The van der Waals surface area contributed by atoms with Gasteiger partial charge in [0.2, 0.25) is 0 Å². The van der Waals surface area contributed by atoms with Crippen molar-refractivity contribution in [3.05, 3.63) is 59.7 Å². The zero-order valence-electron chi connectivity index (χ0n) is 10.9. The molecule has 2 aromatic carbocycles. The molecule has 0 bridgehead atoms. The molecule has 0 saturated carbocycles. The minimum absolute atomic E-state index is 0.834. The summed E-state index contributed by atoms with van der Waals surface area (Å²) in [5.41, 5.74) is 2.90. The van der Waals surface area contributed by atoms with E-state index in [9.17, 15) is 0 Å². The van der Waals surface area contributed by atoms with E-state index >= 15 is 0 Å². The Morgan fingerprint density at radius 1 is 0.789 bits per heavy atom. The Balaban J connectivity index is 2.35. The predicted molar refractivity (Wildman–Crippen MR) is 86.7 cm³/mol. The fourth-order valence-electron chi connectivity index (χ4n) is 1.83. The minimum Gasteiger partial charge on any atom is -0.258 e. The van der Waals surface area contributed by atoms with Crippen LogP contribution in [-0.2, 0) is 0 Å². The van der Waals surface area contributed by atoms with Crippen LogP contribution >= 0.6 is 23.5 Å². The third-order valence-corrected chi connectivity index (χ3v) is 4.37. The Kier molecular flexibility index (Phi) is 4.92. The number of hydrogen-bond acceptors (Lipinski definition) is 3. The molecule has 0 heterocycles. The van der Waals surface area contributed by atoms with Gasteiger partial charge < -0.3 is 0 Å². The third kappa shape index (κ3) is 3.32. The summed E-state index contributed by atoms with van der Waals surface area (Å²) < 4.78 is 0. The smallest absolute Gasteiger partial charge is 0.0498 e. The molecule has 96 valence electrons. The average molecular weight is 285 g/mol. The summed E-state index contributed by atoms with van der Waals surface area (Å²) in [6.45, 7) is 0. The molecule has 1 N–H and O–H groups in total. The second-order valence-corrected chi connectivity index (χ2v) is 5.72. The van der Waals surface area contributed by atoms with Gasteiger partial charge in [-0.15, -0.1) is 23.5 Å². The number of thioether (sulfide) groups is 2. The summed E-state index contributed by atoms with van der Waals surface area (Å²) in [7, 11) is 0. The van der Waals surface area contributed by atoms with Gasteiger partial charge in [0.25, 0.3) is 0 Å². The van der Waals surface area contributed by atoms with Gasteiger partial charge in [0.1, 0.15) is 0 Å². The maximum absolute atomic E-state index is 7.53. The van der Waals surface area contributed by atoms with E-state index in [0.717, 1.165) is 16.7 Å².